The Morgan fingerprint density at radius 2 is 2.03 bits per heavy atom. The summed E-state index contributed by atoms with van der Waals surface area (Å²) in [6.07, 6.45) is -4.63. The molecule has 1 aliphatic heterocycles. The van der Waals surface area contributed by atoms with Crippen LogP contribution in [0.4, 0.5) is 26.3 Å². The van der Waals surface area contributed by atoms with E-state index in [1.165, 1.54) is 23.1 Å². The second-order valence-electron chi connectivity index (χ2n) is 8.19. The lowest BCUT2D eigenvalue weighted by atomic mass is 9.86. The Hall–Kier alpha value is -3.12. The monoisotopic (exact) mass is 476 g/mol. The number of benzene rings is 1. The predicted molar refractivity (Wildman–Crippen MR) is 99.7 cm³/mol. The van der Waals surface area contributed by atoms with Gasteiger partial charge in [-0.3, -0.25) is 9.59 Å². The number of nitrogens with one attached hydrogen (secondary N) is 1. The largest absolute Gasteiger partial charge is 0.415 e. The molecule has 13 heteroatoms. The quantitative estimate of drug-likeness (QED) is 0.661. The molecule has 2 aromatic rings. The Kier molecular flexibility index (Phi) is 5.61. The van der Waals surface area contributed by atoms with Gasteiger partial charge < -0.3 is 14.6 Å². The van der Waals surface area contributed by atoms with Crippen molar-refractivity contribution in [1.29, 1.82) is 0 Å². The Morgan fingerprint density at radius 3 is 2.67 bits per heavy atom. The van der Waals surface area contributed by atoms with Crippen LogP contribution in [0.25, 0.3) is 11.5 Å². The Bertz CT molecular complexity index is 1080. The van der Waals surface area contributed by atoms with Crippen molar-refractivity contribution in [1.82, 2.24) is 20.4 Å². The molecule has 1 N–H and O–H groups in total. The molecule has 178 valence electrons. The lowest BCUT2D eigenvalue weighted by Gasteiger charge is -2.41. The van der Waals surface area contributed by atoms with Gasteiger partial charge in [0.15, 0.2) is 0 Å². The van der Waals surface area contributed by atoms with E-state index in [1.807, 2.05) is 5.32 Å². The van der Waals surface area contributed by atoms with Crippen molar-refractivity contribution in [2.75, 3.05) is 0 Å². The maximum atomic E-state index is 14.0. The fourth-order valence-electron chi connectivity index (χ4n) is 4.10. The van der Waals surface area contributed by atoms with Crippen LogP contribution in [0.3, 0.4) is 0 Å². The molecule has 1 aromatic carbocycles. The SMILES string of the molecule is CC(F)(F)C(=O)N[C@H]1CC(F)(F)CC[C@H]1N1Cc2ccc(-c3nnc(C(F)F)o3)cc2C1=O. The highest BCUT2D eigenvalue weighted by atomic mass is 19.3. The lowest BCUT2D eigenvalue weighted by Crippen LogP contribution is -2.58. The number of halogens is 6. The van der Waals surface area contributed by atoms with Gasteiger partial charge in [0, 0.05) is 37.4 Å². The summed E-state index contributed by atoms with van der Waals surface area (Å²) in [5.74, 6) is -10.3. The normalized spacial score (nSPS) is 22.5. The van der Waals surface area contributed by atoms with Gasteiger partial charge >= 0.3 is 12.3 Å². The van der Waals surface area contributed by atoms with Gasteiger partial charge in [0.1, 0.15) is 0 Å². The highest BCUT2D eigenvalue weighted by molar-refractivity contribution is 5.99. The van der Waals surface area contributed by atoms with E-state index >= 15 is 0 Å². The molecule has 0 spiro atoms. The average molecular weight is 476 g/mol. The van der Waals surface area contributed by atoms with Crippen molar-refractivity contribution in [3.8, 4) is 11.5 Å². The van der Waals surface area contributed by atoms with Gasteiger partial charge in [0.05, 0.1) is 12.1 Å². The molecule has 1 saturated carbocycles. The van der Waals surface area contributed by atoms with Gasteiger partial charge in [0.25, 0.3) is 17.7 Å². The van der Waals surface area contributed by atoms with E-state index in [9.17, 15) is 35.9 Å². The molecule has 2 aliphatic rings. The zero-order valence-corrected chi connectivity index (χ0v) is 17.1. The molecule has 2 heterocycles. The highest BCUT2D eigenvalue weighted by Gasteiger charge is 2.48. The van der Waals surface area contributed by atoms with Gasteiger partial charge in [-0.15, -0.1) is 10.2 Å². The second-order valence-corrected chi connectivity index (χ2v) is 8.19. The highest BCUT2D eigenvalue weighted by Crippen LogP contribution is 2.39. The van der Waals surface area contributed by atoms with Gasteiger partial charge in [0.2, 0.25) is 11.8 Å². The van der Waals surface area contributed by atoms with E-state index in [1.54, 1.807) is 0 Å². The third kappa shape index (κ3) is 4.53. The number of hydrogen-bond donors (Lipinski definition) is 1. The third-order valence-corrected chi connectivity index (χ3v) is 5.72. The van der Waals surface area contributed by atoms with Crippen LogP contribution in [0.2, 0.25) is 0 Å². The molecule has 33 heavy (non-hydrogen) atoms. The third-order valence-electron chi connectivity index (χ3n) is 5.72. The topological polar surface area (TPSA) is 88.3 Å². The average Bonchev–Trinajstić information content (AvgIpc) is 3.32. The number of carbonyl (C=O) groups is 2. The number of amides is 2. The van der Waals surface area contributed by atoms with Gasteiger partial charge in [-0.2, -0.15) is 17.6 Å². The standard InChI is InChI=1S/C20H18F6N4O3/c1-19(23,24)18(32)27-12-7-20(25,26)5-4-13(12)30-8-10-3-2-9(6-11(10)17(30)31)15-28-29-16(33-15)14(21)22/h2-3,6,12-14H,4-5,7-8H2,1H3,(H,27,32)/t12-,13+/m0/s1. The van der Waals surface area contributed by atoms with Crippen molar-refractivity contribution in [3.05, 3.63) is 35.2 Å². The number of aromatic nitrogens is 2. The molecule has 1 aliphatic carbocycles. The molecular formula is C20H18F6N4O3. The lowest BCUT2D eigenvalue weighted by molar-refractivity contribution is -0.146. The molecule has 0 saturated heterocycles. The van der Waals surface area contributed by atoms with Crippen molar-refractivity contribution >= 4 is 11.8 Å². The summed E-state index contributed by atoms with van der Waals surface area (Å²) in [6, 6.07) is 2.04. The summed E-state index contributed by atoms with van der Waals surface area (Å²) in [7, 11) is 0. The maximum Gasteiger partial charge on any atom is 0.321 e. The van der Waals surface area contributed by atoms with E-state index in [0.29, 0.717) is 12.5 Å². The first-order chi connectivity index (χ1) is 15.4. The molecule has 1 fully saturated rings. The molecule has 0 radical (unpaired) electrons. The maximum absolute atomic E-state index is 14.0. The van der Waals surface area contributed by atoms with Crippen LogP contribution in [-0.2, 0) is 11.3 Å². The van der Waals surface area contributed by atoms with Crippen LogP contribution in [0.5, 0.6) is 0 Å². The van der Waals surface area contributed by atoms with Crippen molar-refractivity contribution in [2.45, 2.75) is 63.1 Å². The zero-order valence-electron chi connectivity index (χ0n) is 17.1. The van der Waals surface area contributed by atoms with Crippen LogP contribution in [0, 0.1) is 0 Å². The summed E-state index contributed by atoms with van der Waals surface area (Å²) in [4.78, 5) is 26.1. The van der Waals surface area contributed by atoms with E-state index in [0.717, 1.165) is 0 Å². The summed E-state index contributed by atoms with van der Waals surface area (Å²) in [5, 5.41) is 8.73. The fourth-order valence-corrected chi connectivity index (χ4v) is 4.10. The van der Waals surface area contributed by atoms with Crippen molar-refractivity contribution < 1.29 is 40.3 Å². The van der Waals surface area contributed by atoms with Gasteiger partial charge in [-0.25, -0.2) is 8.78 Å². The Labute approximate surface area is 183 Å². The Morgan fingerprint density at radius 1 is 1.30 bits per heavy atom. The number of alkyl halides is 6. The first-order valence-corrected chi connectivity index (χ1v) is 9.98. The van der Waals surface area contributed by atoms with Crippen LogP contribution in [0.15, 0.2) is 22.6 Å². The van der Waals surface area contributed by atoms with Crippen LogP contribution >= 0.6 is 0 Å². The minimum absolute atomic E-state index is 0.00565. The number of nitrogens with zero attached hydrogens (tertiary/aromatic N) is 3. The summed E-state index contributed by atoms with van der Waals surface area (Å²) < 4.78 is 85.0. The molecular weight excluding hydrogens is 458 g/mol. The van der Waals surface area contributed by atoms with E-state index in [4.69, 9.17) is 4.42 Å². The van der Waals surface area contributed by atoms with Crippen molar-refractivity contribution in [3.63, 3.8) is 0 Å². The second kappa shape index (κ2) is 8.03. The molecule has 2 amide bonds. The number of rotatable bonds is 5. The molecule has 2 atom stereocenters. The number of carbonyl (C=O) groups excluding carboxylic acids is 2. The van der Waals surface area contributed by atoms with Crippen LogP contribution in [0.1, 0.15) is 54.4 Å². The van der Waals surface area contributed by atoms with E-state index < -0.39 is 60.9 Å². The van der Waals surface area contributed by atoms with Gasteiger partial charge in [-0.1, -0.05) is 6.07 Å². The first kappa shape index (κ1) is 23.1. The van der Waals surface area contributed by atoms with Crippen LogP contribution < -0.4 is 5.32 Å². The van der Waals surface area contributed by atoms with E-state index in [2.05, 4.69) is 10.2 Å². The minimum Gasteiger partial charge on any atom is -0.415 e. The van der Waals surface area contributed by atoms with Crippen LogP contribution in [-0.4, -0.2) is 50.8 Å². The molecule has 1 aromatic heterocycles. The fraction of sp³-hybridized carbons (Fsp3) is 0.500. The van der Waals surface area contributed by atoms with E-state index in [-0.39, 0.29) is 30.0 Å². The van der Waals surface area contributed by atoms with Gasteiger partial charge in [-0.05, 0) is 24.1 Å². The summed E-state index contributed by atoms with van der Waals surface area (Å²) in [5.41, 5.74) is 0.877. The minimum atomic E-state index is -3.77. The molecule has 0 bridgehead atoms. The van der Waals surface area contributed by atoms with Crippen molar-refractivity contribution in [2.24, 2.45) is 0 Å². The number of fused-ring (bicyclic) bond motifs is 1. The summed E-state index contributed by atoms with van der Waals surface area (Å²) >= 11 is 0. The summed E-state index contributed by atoms with van der Waals surface area (Å²) in [6.45, 7) is 0.360. The molecule has 0 unspecified atom stereocenters. The zero-order chi connectivity index (χ0) is 24.1. The number of hydrogen-bond acceptors (Lipinski definition) is 5. The molecule has 4 rings (SSSR count). The predicted octanol–water partition coefficient (Wildman–Crippen LogP) is 3.96. The smallest absolute Gasteiger partial charge is 0.321 e. The first-order valence-electron chi connectivity index (χ1n) is 9.98. The molecule has 7 nitrogen and oxygen atoms in total. The Balaban J connectivity index is 1.58.